The van der Waals surface area contributed by atoms with Crippen LogP contribution in [0, 0.1) is 11.7 Å². The van der Waals surface area contributed by atoms with E-state index in [1.807, 2.05) is 11.9 Å². The van der Waals surface area contributed by atoms with Crippen molar-refractivity contribution in [3.05, 3.63) is 29.6 Å². The number of nitrogens with zero attached hydrogens (tertiary/aromatic N) is 2. The number of phenolic OH excluding ortho intramolecular Hbond substituents is 1. The molecule has 3 N–H and O–H groups in total. The number of aromatic hydroxyl groups is 1. The van der Waals surface area contributed by atoms with Crippen LogP contribution in [0.25, 0.3) is 0 Å². The minimum Gasteiger partial charge on any atom is -0.505 e. The molecule has 1 aromatic rings. The predicted molar refractivity (Wildman–Crippen MR) is 78.4 cm³/mol. The molecule has 1 fully saturated rings. The van der Waals surface area contributed by atoms with Gasteiger partial charge in [-0.25, -0.2) is 4.39 Å². The van der Waals surface area contributed by atoms with E-state index in [1.165, 1.54) is 12.1 Å². The van der Waals surface area contributed by atoms with Crippen LogP contribution in [-0.4, -0.2) is 60.6 Å². The molecule has 1 aromatic carbocycles. The highest BCUT2D eigenvalue weighted by Gasteiger charge is 2.26. The first-order valence-electron chi connectivity index (χ1n) is 7.16. The Kier molecular flexibility index (Phi) is 5.14. The summed E-state index contributed by atoms with van der Waals surface area (Å²) in [6, 6.07) is 4.19. The average Bonchev–Trinajstić information content (AvgIpc) is 2.48. The highest BCUT2D eigenvalue weighted by atomic mass is 19.1. The number of phenols is 1. The lowest BCUT2D eigenvalue weighted by Crippen LogP contribution is -2.50. The third kappa shape index (κ3) is 3.92. The first-order valence-corrected chi connectivity index (χ1v) is 7.16. The van der Waals surface area contributed by atoms with E-state index in [0.717, 1.165) is 13.1 Å². The lowest BCUT2D eigenvalue weighted by molar-refractivity contribution is -0.136. The van der Waals surface area contributed by atoms with Crippen LogP contribution in [0.5, 0.6) is 5.75 Å². The number of benzene rings is 1. The summed E-state index contributed by atoms with van der Waals surface area (Å²) in [6.45, 7) is 3.35. The Balaban J connectivity index is 2.01. The molecule has 116 valence electrons. The fraction of sp³-hybridized carbons (Fsp3) is 0.533. The smallest absolute Gasteiger partial charge is 0.227 e. The number of carbonyl (C=O) groups is 1. The third-order valence-corrected chi connectivity index (χ3v) is 3.94. The minimum atomic E-state index is -0.671. The summed E-state index contributed by atoms with van der Waals surface area (Å²) < 4.78 is 13.4. The molecule has 1 amide bonds. The van der Waals surface area contributed by atoms with Gasteiger partial charge < -0.3 is 20.6 Å². The molecule has 1 unspecified atom stereocenters. The number of piperazine rings is 1. The van der Waals surface area contributed by atoms with Gasteiger partial charge >= 0.3 is 0 Å². The Labute approximate surface area is 124 Å². The van der Waals surface area contributed by atoms with Gasteiger partial charge in [0, 0.05) is 32.7 Å². The van der Waals surface area contributed by atoms with Crippen LogP contribution in [0.4, 0.5) is 4.39 Å². The van der Waals surface area contributed by atoms with E-state index in [0.29, 0.717) is 25.1 Å². The average molecular weight is 295 g/mol. The van der Waals surface area contributed by atoms with E-state index >= 15 is 0 Å². The van der Waals surface area contributed by atoms with Gasteiger partial charge in [0.1, 0.15) is 0 Å². The summed E-state index contributed by atoms with van der Waals surface area (Å²) in [7, 11) is 2.03. The molecule has 5 nitrogen and oxygen atoms in total. The van der Waals surface area contributed by atoms with Crippen LogP contribution < -0.4 is 5.73 Å². The second kappa shape index (κ2) is 6.87. The molecule has 0 spiro atoms. The van der Waals surface area contributed by atoms with Gasteiger partial charge in [-0.2, -0.15) is 0 Å². The largest absolute Gasteiger partial charge is 0.505 e. The SMILES string of the molecule is CN1CCN(C(=O)C(CN)Cc2ccc(O)c(F)c2)CC1. The van der Waals surface area contributed by atoms with Gasteiger partial charge in [-0.05, 0) is 31.2 Å². The fourth-order valence-corrected chi connectivity index (χ4v) is 2.52. The lowest BCUT2D eigenvalue weighted by Gasteiger charge is -2.34. The molecule has 0 saturated carbocycles. The van der Waals surface area contributed by atoms with Crippen molar-refractivity contribution in [3.8, 4) is 5.75 Å². The highest BCUT2D eigenvalue weighted by Crippen LogP contribution is 2.19. The molecule has 21 heavy (non-hydrogen) atoms. The van der Waals surface area contributed by atoms with Crippen LogP contribution in [0.2, 0.25) is 0 Å². The molecular formula is C15H22FN3O2. The summed E-state index contributed by atoms with van der Waals surface area (Å²) in [4.78, 5) is 16.5. The molecular weight excluding hydrogens is 273 g/mol. The number of halogens is 1. The maximum Gasteiger partial charge on any atom is 0.227 e. The second-order valence-corrected chi connectivity index (χ2v) is 5.55. The molecule has 0 radical (unpaired) electrons. The van der Waals surface area contributed by atoms with Crippen molar-refractivity contribution in [1.82, 2.24) is 9.80 Å². The zero-order valence-corrected chi connectivity index (χ0v) is 12.3. The maximum absolute atomic E-state index is 13.4. The van der Waals surface area contributed by atoms with E-state index in [-0.39, 0.29) is 24.1 Å². The first kappa shape index (κ1) is 15.7. The second-order valence-electron chi connectivity index (χ2n) is 5.55. The number of carbonyl (C=O) groups excluding carboxylic acids is 1. The van der Waals surface area contributed by atoms with Crippen LogP contribution in [0.1, 0.15) is 5.56 Å². The predicted octanol–water partition coefficient (Wildman–Crippen LogP) is 0.423. The molecule has 1 heterocycles. The quantitative estimate of drug-likeness (QED) is 0.845. The van der Waals surface area contributed by atoms with Crippen LogP contribution >= 0.6 is 0 Å². The van der Waals surface area contributed by atoms with Gasteiger partial charge in [-0.15, -0.1) is 0 Å². The van der Waals surface area contributed by atoms with Gasteiger partial charge in [-0.1, -0.05) is 6.07 Å². The summed E-state index contributed by atoms with van der Waals surface area (Å²) >= 11 is 0. The van der Waals surface area contributed by atoms with Crippen molar-refractivity contribution in [2.45, 2.75) is 6.42 Å². The Bertz CT molecular complexity index is 502. The number of likely N-dealkylation sites (N-methyl/N-ethyl adjacent to an activating group) is 1. The van der Waals surface area contributed by atoms with Gasteiger partial charge in [0.2, 0.25) is 5.91 Å². The molecule has 1 saturated heterocycles. The zero-order chi connectivity index (χ0) is 15.4. The number of amides is 1. The fourth-order valence-electron chi connectivity index (χ4n) is 2.52. The van der Waals surface area contributed by atoms with Crippen molar-refractivity contribution in [2.75, 3.05) is 39.8 Å². The summed E-state index contributed by atoms with van der Waals surface area (Å²) in [5.74, 6) is -1.37. The molecule has 1 aliphatic heterocycles. The Hall–Kier alpha value is -1.66. The van der Waals surface area contributed by atoms with Crippen molar-refractivity contribution in [2.24, 2.45) is 11.7 Å². The van der Waals surface area contributed by atoms with E-state index in [4.69, 9.17) is 5.73 Å². The highest BCUT2D eigenvalue weighted by molar-refractivity contribution is 5.79. The van der Waals surface area contributed by atoms with Gasteiger partial charge in [-0.3, -0.25) is 4.79 Å². The maximum atomic E-state index is 13.4. The van der Waals surface area contributed by atoms with E-state index < -0.39 is 5.82 Å². The monoisotopic (exact) mass is 295 g/mol. The molecule has 0 bridgehead atoms. The van der Waals surface area contributed by atoms with E-state index in [9.17, 15) is 14.3 Å². The van der Waals surface area contributed by atoms with Crippen LogP contribution in [0.3, 0.4) is 0 Å². The normalized spacial score (nSPS) is 17.8. The number of hydrogen-bond acceptors (Lipinski definition) is 4. The van der Waals surface area contributed by atoms with Gasteiger partial charge in [0.05, 0.1) is 5.92 Å². The number of rotatable bonds is 4. The van der Waals surface area contributed by atoms with E-state index in [2.05, 4.69) is 4.90 Å². The van der Waals surface area contributed by atoms with Crippen LogP contribution in [0.15, 0.2) is 18.2 Å². The first-order chi connectivity index (χ1) is 10.0. The van der Waals surface area contributed by atoms with Crippen molar-refractivity contribution in [1.29, 1.82) is 0 Å². The molecule has 0 aromatic heterocycles. The molecule has 2 rings (SSSR count). The van der Waals surface area contributed by atoms with Crippen LogP contribution in [-0.2, 0) is 11.2 Å². The van der Waals surface area contributed by atoms with E-state index in [1.54, 1.807) is 6.07 Å². The third-order valence-electron chi connectivity index (χ3n) is 3.94. The van der Waals surface area contributed by atoms with Crippen molar-refractivity contribution >= 4 is 5.91 Å². The van der Waals surface area contributed by atoms with Crippen molar-refractivity contribution in [3.63, 3.8) is 0 Å². The Morgan fingerprint density at radius 3 is 2.62 bits per heavy atom. The molecule has 0 aliphatic carbocycles. The Morgan fingerprint density at radius 2 is 2.05 bits per heavy atom. The minimum absolute atomic E-state index is 0.0269. The zero-order valence-electron chi connectivity index (χ0n) is 12.3. The molecule has 6 heteroatoms. The number of nitrogens with two attached hydrogens (primary N) is 1. The van der Waals surface area contributed by atoms with Crippen molar-refractivity contribution < 1.29 is 14.3 Å². The van der Waals surface area contributed by atoms with Gasteiger partial charge in [0.15, 0.2) is 11.6 Å². The molecule has 1 atom stereocenters. The summed E-state index contributed by atoms with van der Waals surface area (Å²) in [5.41, 5.74) is 6.39. The van der Waals surface area contributed by atoms with Gasteiger partial charge in [0.25, 0.3) is 0 Å². The number of hydrogen-bond donors (Lipinski definition) is 2. The Morgan fingerprint density at radius 1 is 1.38 bits per heavy atom. The standard InChI is InChI=1S/C15H22FN3O2/c1-18-4-6-19(7-5-18)15(21)12(10-17)8-11-2-3-14(20)13(16)9-11/h2-3,9,12,20H,4-8,10,17H2,1H3. The molecule has 1 aliphatic rings. The topological polar surface area (TPSA) is 69.8 Å². The lowest BCUT2D eigenvalue weighted by atomic mass is 9.97. The summed E-state index contributed by atoms with van der Waals surface area (Å²) in [6.07, 6.45) is 0.388. The summed E-state index contributed by atoms with van der Waals surface area (Å²) in [5, 5.41) is 9.19.